The van der Waals surface area contributed by atoms with Crippen molar-refractivity contribution < 1.29 is 9.53 Å². The maximum Gasteiger partial charge on any atom is 0.276 e. The lowest BCUT2D eigenvalue weighted by Gasteiger charge is -2.29. The topological polar surface area (TPSA) is 58.9 Å². The molecular weight excluding hydrogens is 340 g/mol. The first-order valence-corrected chi connectivity index (χ1v) is 9.51. The Bertz CT molecular complexity index is 987. The highest BCUT2D eigenvalue weighted by atomic mass is 16.5. The van der Waals surface area contributed by atoms with E-state index in [4.69, 9.17) is 4.74 Å². The minimum absolute atomic E-state index is 0.162. The molecule has 3 aromatic rings. The normalized spacial score (nSPS) is 17.3. The Morgan fingerprint density at radius 2 is 1.96 bits per heavy atom. The first-order valence-electron chi connectivity index (χ1n) is 9.51. The largest absolute Gasteiger partial charge is 0.378 e. The van der Waals surface area contributed by atoms with E-state index in [1.165, 1.54) is 0 Å². The van der Waals surface area contributed by atoms with Gasteiger partial charge in [-0.2, -0.15) is 0 Å². The van der Waals surface area contributed by atoms with E-state index in [1.807, 2.05) is 42.6 Å². The maximum atomic E-state index is 13.0. The Balaban J connectivity index is 1.42. The number of rotatable bonds is 4. The third kappa shape index (κ3) is 3.17. The van der Waals surface area contributed by atoms with Gasteiger partial charge in [0, 0.05) is 36.6 Å². The van der Waals surface area contributed by atoms with Gasteiger partial charge in [0.05, 0.1) is 18.7 Å². The number of hydrogen-bond acceptors (Lipinski definition) is 4. The lowest BCUT2D eigenvalue weighted by atomic mass is 10.2. The fourth-order valence-electron chi connectivity index (χ4n) is 3.65. The van der Waals surface area contributed by atoms with Crippen LogP contribution in [0.4, 0.5) is 11.4 Å². The number of morpholine rings is 1. The molecule has 0 unspecified atom stereocenters. The molecule has 6 heteroatoms. The lowest BCUT2D eigenvalue weighted by molar-refractivity contribution is 0.102. The molecule has 0 radical (unpaired) electrons. The van der Waals surface area contributed by atoms with Crippen LogP contribution in [0, 0.1) is 0 Å². The Morgan fingerprint density at radius 1 is 1.11 bits per heavy atom. The molecule has 1 saturated heterocycles. The molecule has 5 rings (SSSR count). The molecule has 2 aromatic heterocycles. The molecule has 6 nitrogen and oxygen atoms in total. The number of carbonyl (C=O) groups is 1. The summed E-state index contributed by atoms with van der Waals surface area (Å²) < 4.78 is 7.47. The van der Waals surface area contributed by atoms with Crippen LogP contribution in [0.15, 0.2) is 48.7 Å². The van der Waals surface area contributed by atoms with Gasteiger partial charge in [0.15, 0.2) is 5.69 Å². The van der Waals surface area contributed by atoms with Crippen LogP contribution in [0.2, 0.25) is 0 Å². The third-order valence-corrected chi connectivity index (χ3v) is 5.21. The van der Waals surface area contributed by atoms with Gasteiger partial charge < -0.3 is 19.4 Å². The molecule has 2 fully saturated rings. The standard InChI is InChI=1S/C21H22N4O2/c26-21(19-18-6-1-2-9-25(18)20(23-19)15-7-8-15)22-16-4-3-5-17(14-16)24-10-12-27-13-11-24/h1-6,9,14-15H,7-8,10-13H2,(H,22,26). The predicted octanol–water partition coefficient (Wildman–Crippen LogP) is 3.30. The van der Waals surface area contributed by atoms with Gasteiger partial charge in [-0.05, 0) is 43.2 Å². The Kier molecular flexibility index (Phi) is 4.05. The zero-order chi connectivity index (χ0) is 18.2. The highest BCUT2D eigenvalue weighted by Gasteiger charge is 2.30. The zero-order valence-corrected chi connectivity index (χ0v) is 15.1. The molecular formula is C21H22N4O2. The predicted molar refractivity (Wildman–Crippen MR) is 105 cm³/mol. The van der Waals surface area contributed by atoms with Gasteiger partial charge >= 0.3 is 0 Å². The molecule has 2 aliphatic rings. The van der Waals surface area contributed by atoms with Gasteiger partial charge in [0.25, 0.3) is 5.91 Å². The average Bonchev–Trinajstić information content (AvgIpc) is 3.49. The zero-order valence-electron chi connectivity index (χ0n) is 15.1. The van der Waals surface area contributed by atoms with Crippen molar-refractivity contribution in [3.8, 4) is 0 Å². The van der Waals surface area contributed by atoms with E-state index in [0.29, 0.717) is 11.6 Å². The van der Waals surface area contributed by atoms with Crippen molar-refractivity contribution in [2.75, 3.05) is 36.5 Å². The molecule has 1 aliphatic heterocycles. The molecule has 138 valence electrons. The minimum Gasteiger partial charge on any atom is -0.378 e. The van der Waals surface area contributed by atoms with Gasteiger partial charge in [-0.25, -0.2) is 4.98 Å². The van der Waals surface area contributed by atoms with Gasteiger partial charge in [0.2, 0.25) is 0 Å². The van der Waals surface area contributed by atoms with E-state index in [-0.39, 0.29) is 5.91 Å². The number of nitrogens with one attached hydrogen (secondary N) is 1. The number of ether oxygens (including phenoxy) is 1. The van der Waals surface area contributed by atoms with Crippen molar-refractivity contribution in [1.82, 2.24) is 9.38 Å². The summed E-state index contributed by atoms with van der Waals surface area (Å²) in [5.41, 5.74) is 3.24. The summed E-state index contributed by atoms with van der Waals surface area (Å²) in [6, 6.07) is 13.9. The molecule has 3 heterocycles. The number of imidazole rings is 1. The van der Waals surface area contributed by atoms with E-state index in [0.717, 1.165) is 61.9 Å². The Morgan fingerprint density at radius 3 is 2.78 bits per heavy atom. The summed E-state index contributed by atoms with van der Waals surface area (Å²) in [7, 11) is 0. The number of carbonyl (C=O) groups excluding carboxylic acids is 1. The Labute approximate surface area is 157 Å². The lowest BCUT2D eigenvalue weighted by Crippen LogP contribution is -2.36. The Hall–Kier alpha value is -2.86. The van der Waals surface area contributed by atoms with Crippen molar-refractivity contribution in [3.63, 3.8) is 0 Å². The number of aromatic nitrogens is 2. The SMILES string of the molecule is O=C(Nc1cccc(N2CCOCC2)c1)c1nc(C2CC2)n2ccccc12. The van der Waals surface area contributed by atoms with Crippen molar-refractivity contribution in [3.05, 3.63) is 60.2 Å². The van der Waals surface area contributed by atoms with Gasteiger partial charge in [0.1, 0.15) is 5.82 Å². The molecule has 27 heavy (non-hydrogen) atoms. The van der Waals surface area contributed by atoms with Crippen LogP contribution in [0.25, 0.3) is 5.52 Å². The van der Waals surface area contributed by atoms with E-state index >= 15 is 0 Å². The fourth-order valence-corrected chi connectivity index (χ4v) is 3.65. The molecule has 0 atom stereocenters. The van der Waals surface area contributed by atoms with Crippen molar-refractivity contribution >= 4 is 22.8 Å². The molecule has 0 spiro atoms. The fraction of sp³-hybridized carbons (Fsp3) is 0.333. The van der Waals surface area contributed by atoms with Crippen molar-refractivity contribution in [2.45, 2.75) is 18.8 Å². The summed E-state index contributed by atoms with van der Waals surface area (Å²) in [6.07, 6.45) is 4.29. The van der Waals surface area contributed by atoms with Gasteiger partial charge in [-0.3, -0.25) is 4.79 Å². The minimum atomic E-state index is -0.162. The molecule has 1 amide bonds. The monoisotopic (exact) mass is 362 g/mol. The number of fused-ring (bicyclic) bond motifs is 1. The quantitative estimate of drug-likeness (QED) is 0.774. The van der Waals surface area contributed by atoms with Crippen LogP contribution < -0.4 is 10.2 Å². The average molecular weight is 362 g/mol. The number of benzene rings is 1. The van der Waals surface area contributed by atoms with Crippen LogP contribution in [0.5, 0.6) is 0 Å². The second-order valence-corrected chi connectivity index (χ2v) is 7.15. The van der Waals surface area contributed by atoms with E-state index in [2.05, 4.69) is 25.7 Å². The number of amides is 1. The van der Waals surface area contributed by atoms with E-state index in [9.17, 15) is 4.79 Å². The number of pyridine rings is 1. The maximum absolute atomic E-state index is 13.0. The molecule has 1 aliphatic carbocycles. The highest BCUT2D eigenvalue weighted by Crippen LogP contribution is 2.40. The van der Waals surface area contributed by atoms with Crippen molar-refractivity contribution in [2.24, 2.45) is 0 Å². The second kappa shape index (κ2) is 6.70. The van der Waals surface area contributed by atoms with Crippen molar-refractivity contribution in [1.29, 1.82) is 0 Å². The van der Waals surface area contributed by atoms with Crippen LogP contribution >= 0.6 is 0 Å². The molecule has 1 saturated carbocycles. The molecule has 1 aromatic carbocycles. The highest BCUT2D eigenvalue weighted by molar-refractivity contribution is 6.07. The van der Waals surface area contributed by atoms with Crippen LogP contribution in [0.3, 0.4) is 0 Å². The second-order valence-electron chi connectivity index (χ2n) is 7.15. The van der Waals surface area contributed by atoms with E-state index in [1.54, 1.807) is 0 Å². The number of nitrogens with zero attached hydrogens (tertiary/aromatic N) is 3. The molecule has 1 N–H and O–H groups in total. The van der Waals surface area contributed by atoms with Gasteiger partial charge in [-0.1, -0.05) is 12.1 Å². The molecule has 0 bridgehead atoms. The van der Waals surface area contributed by atoms with E-state index < -0.39 is 0 Å². The summed E-state index contributed by atoms with van der Waals surface area (Å²) in [4.78, 5) is 19.9. The first kappa shape index (κ1) is 16.3. The summed E-state index contributed by atoms with van der Waals surface area (Å²) in [6.45, 7) is 3.21. The number of anilines is 2. The first-order chi connectivity index (χ1) is 13.3. The van der Waals surface area contributed by atoms with Crippen LogP contribution in [-0.4, -0.2) is 41.6 Å². The number of hydrogen-bond donors (Lipinski definition) is 1. The van der Waals surface area contributed by atoms with Crippen LogP contribution in [0.1, 0.15) is 35.1 Å². The summed E-state index contributed by atoms with van der Waals surface area (Å²) in [5, 5.41) is 3.03. The van der Waals surface area contributed by atoms with Crippen LogP contribution in [-0.2, 0) is 4.74 Å². The van der Waals surface area contributed by atoms with Gasteiger partial charge in [-0.15, -0.1) is 0 Å². The summed E-state index contributed by atoms with van der Waals surface area (Å²) in [5.74, 6) is 1.31. The smallest absolute Gasteiger partial charge is 0.276 e. The summed E-state index contributed by atoms with van der Waals surface area (Å²) >= 11 is 0. The third-order valence-electron chi connectivity index (χ3n) is 5.21.